The molecule has 2 rings (SSSR count). The normalized spacial score (nSPS) is 10.0. The van der Waals surface area contributed by atoms with E-state index in [0.29, 0.717) is 23.6 Å². The molecule has 0 unspecified atom stereocenters. The summed E-state index contributed by atoms with van der Waals surface area (Å²) in [6.07, 6.45) is 0. The maximum absolute atomic E-state index is 12.1. The van der Waals surface area contributed by atoms with Gasteiger partial charge in [0.2, 0.25) is 5.91 Å². The van der Waals surface area contributed by atoms with E-state index < -0.39 is 5.97 Å². The molecule has 0 spiro atoms. The van der Waals surface area contributed by atoms with Crippen molar-refractivity contribution in [2.75, 3.05) is 11.9 Å². The van der Waals surface area contributed by atoms with Crippen molar-refractivity contribution >= 4 is 17.6 Å². The fourth-order valence-corrected chi connectivity index (χ4v) is 2.07. The van der Waals surface area contributed by atoms with Gasteiger partial charge >= 0.3 is 5.97 Å². The van der Waals surface area contributed by atoms with Crippen molar-refractivity contribution in [2.24, 2.45) is 0 Å². The third kappa shape index (κ3) is 4.85. The number of rotatable bonds is 6. The smallest absolute Gasteiger partial charge is 0.338 e. The maximum Gasteiger partial charge on any atom is 0.338 e. The molecule has 0 atom stereocenters. The zero-order valence-electron chi connectivity index (χ0n) is 13.2. The SMILES string of the molecule is CCOc1ccccc1COC(=O)c1cccc(NC(C)=O)c1. The Morgan fingerprint density at radius 1 is 1.09 bits per heavy atom. The van der Waals surface area contributed by atoms with Crippen LogP contribution in [0.25, 0.3) is 0 Å². The van der Waals surface area contributed by atoms with Crippen LogP contribution < -0.4 is 10.1 Å². The summed E-state index contributed by atoms with van der Waals surface area (Å²) in [5.41, 5.74) is 1.74. The quantitative estimate of drug-likeness (QED) is 0.830. The molecule has 2 aromatic rings. The number of para-hydroxylation sites is 1. The average molecular weight is 313 g/mol. The Hall–Kier alpha value is -2.82. The van der Waals surface area contributed by atoms with E-state index in [2.05, 4.69) is 5.32 Å². The Balaban J connectivity index is 2.04. The number of anilines is 1. The summed E-state index contributed by atoms with van der Waals surface area (Å²) in [6, 6.07) is 14.0. The summed E-state index contributed by atoms with van der Waals surface area (Å²) in [4.78, 5) is 23.2. The van der Waals surface area contributed by atoms with Crippen LogP contribution in [0.2, 0.25) is 0 Å². The second-order valence-corrected chi connectivity index (χ2v) is 4.88. The predicted octanol–water partition coefficient (Wildman–Crippen LogP) is 3.40. The van der Waals surface area contributed by atoms with Crippen LogP contribution in [-0.2, 0) is 16.1 Å². The zero-order chi connectivity index (χ0) is 16.7. The number of esters is 1. The molecular formula is C18H19NO4. The Morgan fingerprint density at radius 2 is 1.87 bits per heavy atom. The van der Waals surface area contributed by atoms with E-state index in [1.54, 1.807) is 24.3 Å². The van der Waals surface area contributed by atoms with Crippen LogP contribution in [-0.4, -0.2) is 18.5 Å². The zero-order valence-corrected chi connectivity index (χ0v) is 13.2. The number of hydrogen-bond donors (Lipinski definition) is 1. The van der Waals surface area contributed by atoms with Crippen molar-refractivity contribution in [1.29, 1.82) is 0 Å². The lowest BCUT2D eigenvalue weighted by Crippen LogP contribution is -2.09. The molecule has 1 amide bonds. The molecule has 1 N–H and O–H groups in total. The summed E-state index contributed by atoms with van der Waals surface area (Å²) >= 11 is 0. The van der Waals surface area contributed by atoms with Gasteiger partial charge in [0, 0.05) is 18.2 Å². The first-order valence-electron chi connectivity index (χ1n) is 7.35. The molecule has 0 fully saturated rings. The summed E-state index contributed by atoms with van der Waals surface area (Å²) in [6.45, 7) is 3.98. The van der Waals surface area contributed by atoms with Gasteiger partial charge in [0.15, 0.2) is 0 Å². The maximum atomic E-state index is 12.1. The number of benzene rings is 2. The van der Waals surface area contributed by atoms with Crippen molar-refractivity contribution in [3.05, 3.63) is 59.7 Å². The first kappa shape index (κ1) is 16.5. The number of nitrogens with one attached hydrogen (secondary N) is 1. The van der Waals surface area contributed by atoms with Gasteiger partial charge in [0.05, 0.1) is 12.2 Å². The number of carbonyl (C=O) groups excluding carboxylic acids is 2. The molecule has 23 heavy (non-hydrogen) atoms. The summed E-state index contributed by atoms with van der Waals surface area (Å²) in [5, 5.41) is 2.63. The van der Waals surface area contributed by atoms with Crippen LogP contribution in [0, 0.1) is 0 Å². The topological polar surface area (TPSA) is 64.6 Å². The molecule has 0 aliphatic carbocycles. The van der Waals surface area contributed by atoms with Crippen LogP contribution in [0.5, 0.6) is 5.75 Å². The van der Waals surface area contributed by atoms with E-state index in [4.69, 9.17) is 9.47 Å². The van der Waals surface area contributed by atoms with Gasteiger partial charge in [-0.2, -0.15) is 0 Å². The summed E-state index contributed by atoms with van der Waals surface area (Å²) < 4.78 is 10.8. The van der Waals surface area contributed by atoms with E-state index in [1.165, 1.54) is 6.92 Å². The third-order valence-electron chi connectivity index (χ3n) is 3.05. The Bertz CT molecular complexity index is 697. The number of hydrogen-bond acceptors (Lipinski definition) is 4. The monoisotopic (exact) mass is 313 g/mol. The Kier molecular flexibility index (Phi) is 5.74. The lowest BCUT2D eigenvalue weighted by atomic mass is 10.2. The minimum absolute atomic E-state index is 0.124. The highest BCUT2D eigenvalue weighted by atomic mass is 16.5. The largest absolute Gasteiger partial charge is 0.493 e. The molecule has 0 aromatic heterocycles. The third-order valence-corrected chi connectivity index (χ3v) is 3.05. The van der Waals surface area contributed by atoms with Gasteiger partial charge in [-0.1, -0.05) is 24.3 Å². The number of amides is 1. The molecule has 0 saturated carbocycles. The molecule has 0 aliphatic rings. The molecule has 0 bridgehead atoms. The number of carbonyl (C=O) groups is 2. The van der Waals surface area contributed by atoms with Crippen LogP contribution in [0.1, 0.15) is 29.8 Å². The molecule has 0 radical (unpaired) electrons. The van der Waals surface area contributed by atoms with Crippen molar-refractivity contribution in [3.63, 3.8) is 0 Å². The second-order valence-electron chi connectivity index (χ2n) is 4.88. The van der Waals surface area contributed by atoms with E-state index in [1.807, 2.05) is 31.2 Å². The summed E-state index contributed by atoms with van der Waals surface area (Å²) in [7, 11) is 0. The highest BCUT2D eigenvalue weighted by molar-refractivity contribution is 5.93. The van der Waals surface area contributed by atoms with Crippen molar-refractivity contribution in [2.45, 2.75) is 20.5 Å². The predicted molar refractivity (Wildman–Crippen MR) is 87.5 cm³/mol. The van der Waals surface area contributed by atoms with E-state index in [0.717, 1.165) is 5.56 Å². The molecule has 5 heteroatoms. The highest BCUT2D eigenvalue weighted by Gasteiger charge is 2.10. The molecule has 0 heterocycles. The van der Waals surface area contributed by atoms with Gasteiger partial charge in [-0.3, -0.25) is 4.79 Å². The fraction of sp³-hybridized carbons (Fsp3) is 0.222. The molecule has 2 aromatic carbocycles. The lowest BCUT2D eigenvalue weighted by molar-refractivity contribution is -0.114. The van der Waals surface area contributed by atoms with E-state index >= 15 is 0 Å². The van der Waals surface area contributed by atoms with Crippen LogP contribution >= 0.6 is 0 Å². The van der Waals surface area contributed by atoms with Crippen molar-refractivity contribution < 1.29 is 19.1 Å². The van der Waals surface area contributed by atoms with Gasteiger partial charge in [-0.15, -0.1) is 0 Å². The minimum Gasteiger partial charge on any atom is -0.493 e. The standard InChI is InChI=1S/C18H19NO4/c1-3-22-17-10-5-4-7-15(17)12-23-18(21)14-8-6-9-16(11-14)19-13(2)20/h4-11H,3,12H2,1-2H3,(H,19,20). The van der Waals surface area contributed by atoms with Crippen molar-refractivity contribution in [1.82, 2.24) is 0 Å². The van der Waals surface area contributed by atoms with Crippen molar-refractivity contribution in [3.8, 4) is 5.75 Å². The first-order chi connectivity index (χ1) is 11.1. The second kappa shape index (κ2) is 7.98. The highest BCUT2D eigenvalue weighted by Crippen LogP contribution is 2.20. The number of ether oxygens (including phenoxy) is 2. The molecule has 5 nitrogen and oxygen atoms in total. The van der Waals surface area contributed by atoms with Crippen LogP contribution in [0.4, 0.5) is 5.69 Å². The molecule has 120 valence electrons. The first-order valence-corrected chi connectivity index (χ1v) is 7.35. The van der Waals surface area contributed by atoms with Gasteiger partial charge in [0.25, 0.3) is 0 Å². The molecular weight excluding hydrogens is 294 g/mol. The lowest BCUT2D eigenvalue weighted by Gasteiger charge is -2.11. The fourth-order valence-electron chi connectivity index (χ4n) is 2.07. The Labute approximate surface area is 135 Å². The minimum atomic E-state index is -0.455. The Morgan fingerprint density at radius 3 is 2.61 bits per heavy atom. The van der Waals surface area contributed by atoms with Crippen LogP contribution in [0.3, 0.4) is 0 Å². The van der Waals surface area contributed by atoms with Gasteiger partial charge in [0.1, 0.15) is 12.4 Å². The molecule has 0 saturated heterocycles. The van der Waals surface area contributed by atoms with E-state index in [9.17, 15) is 9.59 Å². The summed E-state index contributed by atoms with van der Waals surface area (Å²) in [5.74, 6) is 0.0551. The molecule has 0 aliphatic heterocycles. The van der Waals surface area contributed by atoms with E-state index in [-0.39, 0.29) is 12.5 Å². The van der Waals surface area contributed by atoms with Gasteiger partial charge in [-0.05, 0) is 31.2 Å². The van der Waals surface area contributed by atoms with Crippen LogP contribution in [0.15, 0.2) is 48.5 Å². The van der Waals surface area contributed by atoms with Gasteiger partial charge < -0.3 is 14.8 Å². The average Bonchev–Trinajstić information content (AvgIpc) is 2.53. The van der Waals surface area contributed by atoms with Gasteiger partial charge in [-0.25, -0.2) is 4.79 Å².